The van der Waals surface area contributed by atoms with Crippen LogP contribution < -0.4 is 0 Å². The number of hydrogen-bond donors (Lipinski definition) is 0. The largest absolute Gasteiger partial charge is 0.633 e. The van der Waals surface area contributed by atoms with Crippen LogP contribution in [0.4, 0.5) is 0 Å². The van der Waals surface area contributed by atoms with E-state index in [1.54, 1.807) is 0 Å². The smallest absolute Gasteiger partial charge is 0.102 e. The highest BCUT2D eigenvalue weighted by atomic mass is 16.6. The van der Waals surface area contributed by atoms with E-state index in [1.807, 2.05) is 0 Å². The third-order valence-electron chi connectivity index (χ3n) is 1.85. The number of nitrogens with zero attached hydrogens (tertiary/aromatic N) is 1. The Labute approximate surface area is 61.8 Å². The second kappa shape index (κ2) is 3.32. The van der Waals surface area contributed by atoms with Crippen molar-refractivity contribution in [3.8, 4) is 0 Å². The Balaban J connectivity index is 2.32. The van der Waals surface area contributed by atoms with Gasteiger partial charge in [0.2, 0.25) is 0 Å². The van der Waals surface area contributed by atoms with E-state index >= 15 is 0 Å². The van der Waals surface area contributed by atoms with Crippen molar-refractivity contribution >= 4 is 0 Å². The molecule has 0 aromatic heterocycles. The molecule has 0 saturated carbocycles. The lowest BCUT2D eigenvalue weighted by Crippen LogP contribution is -2.50. The van der Waals surface area contributed by atoms with Crippen LogP contribution in [0.15, 0.2) is 0 Å². The first kappa shape index (κ1) is 7.98. The third-order valence-corrected chi connectivity index (χ3v) is 1.85. The molecule has 0 aromatic carbocycles. The van der Waals surface area contributed by atoms with E-state index in [0.29, 0.717) is 32.8 Å². The minimum Gasteiger partial charge on any atom is -0.633 e. The predicted octanol–water partition coefficient (Wildman–Crippen LogP) is 0.555. The molecule has 0 unspecified atom stereocenters. The van der Waals surface area contributed by atoms with Crippen molar-refractivity contribution in [2.24, 2.45) is 0 Å². The predicted molar refractivity (Wildman–Crippen MR) is 39.0 cm³/mol. The van der Waals surface area contributed by atoms with Gasteiger partial charge in [-0.2, -0.15) is 0 Å². The van der Waals surface area contributed by atoms with E-state index in [9.17, 15) is 5.21 Å². The molecule has 10 heavy (non-hydrogen) atoms. The molecule has 1 aliphatic heterocycles. The normalized spacial score (nSPS) is 24.6. The summed E-state index contributed by atoms with van der Waals surface area (Å²) in [7, 11) is 0. The summed E-state index contributed by atoms with van der Waals surface area (Å²) in [6.07, 6.45) is 0.726. The Kier molecular flexibility index (Phi) is 2.65. The quantitative estimate of drug-likeness (QED) is 0.419. The molecule has 0 atom stereocenters. The molecule has 59 valence electrons. The molecule has 0 N–H and O–H groups in total. The summed E-state index contributed by atoms with van der Waals surface area (Å²) in [6, 6.07) is 0. The number of quaternary nitrogens is 1. The number of rotatable bonds is 2. The molecule has 1 radical (unpaired) electrons. The minimum atomic E-state index is -0.0938. The number of ether oxygens (including phenoxy) is 1. The van der Waals surface area contributed by atoms with Gasteiger partial charge in [-0.05, 0) is 13.3 Å². The first-order chi connectivity index (χ1) is 4.77. The van der Waals surface area contributed by atoms with E-state index in [-0.39, 0.29) is 4.65 Å². The van der Waals surface area contributed by atoms with Gasteiger partial charge in [0.05, 0.1) is 19.8 Å². The summed E-state index contributed by atoms with van der Waals surface area (Å²) < 4.78 is 4.98. The number of morpholine rings is 1. The van der Waals surface area contributed by atoms with Crippen molar-refractivity contribution in [2.45, 2.75) is 6.42 Å². The maximum absolute atomic E-state index is 11.5. The topological polar surface area (TPSA) is 32.3 Å². The maximum atomic E-state index is 11.5. The van der Waals surface area contributed by atoms with Gasteiger partial charge in [0.25, 0.3) is 0 Å². The summed E-state index contributed by atoms with van der Waals surface area (Å²) in [5.74, 6) is 0. The van der Waals surface area contributed by atoms with Gasteiger partial charge in [0.1, 0.15) is 13.1 Å². The van der Waals surface area contributed by atoms with Gasteiger partial charge in [-0.1, -0.05) is 0 Å². The van der Waals surface area contributed by atoms with Crippen LogP contribution in [-0.4, -0.2) is 37.5 Å². The van der Waals surface area contributed by atoms with Gasteiger partial charge < -0.3 is 14.6 Å². The molecule has 0 aliphatic carbocycles. The molecule has 1 fully saturated rings. The van der Waals surface area contributed by atoms with E-state index in [2.05, 4.69) is 6.92 Å². The molecule has 3 nitrogen and oxygen atoms in total. The molecule has 0 amide bonds. The SMILES string of the molecule is [CH2]CC[N+]1([O-])CCOCC1. The van der Waals surface area contributed by atoms with Crippen molar-refractivity contribution in [2.75, 3.05) is 32.8 Å². The Bertz CT molecular complexity index is 94.3. The molecule has 0 aromatic rings. The minimum absolute atomic E-state index is 0.0938. The van der Waals surface area contributed by atoms with Crippen LogP contribution in [0.25, 0.3) is 0 Å². The third kappa shape index (κ3) is 1.94. The van der Waals surface area contributed by atoms with Gasteiger partial charge in [-0.3, -0.25) is 0 Å². The van der Waals surface area contributed by atoms with E-state index in [1.165, 1.54) is 0 Å². The van der Waals surface area contributed by atoms with Gasteiger partial charge >= 0.3 is 0 Å². The Hall–Kier alpha value is -0.120. The molecule has 0 bridgehead atoms. The Morgan fingerprint density at radius 3 is 2.50 bits per heavy atom. The average molecular weight is 144 g/mol. The zero-order valence-electron chi connectivity index (χ0n) is 6.21. The number of hydroxylamine groups is 3. The van der Waals surface area contributed by atoms with Crippen molar-refractivity contribution in [3.63, 3.8) is 0 Å². The first-order valence-corrected chi connectivity index (χ1v) is 3.71. The Morgan fingerprint density at radius 2 is 2.00 bits per heavy atom. The fourth-order valence-electron chi connectivity index (χ4n) is 1.19. The van der Waals surface area contributed by atoms with Gasteiger partial charge in [-0.25, -0.2) is 0 Å². The molecule has 1 heterocycles. The highest BCUT2D eigenvalue weighted by Gasteiger charge is 2.19. The summed E-state index contributed by atoms with van der Waals surface area (Å²) in [5, 5.41) is 11.5. The van der Waals surface area contributed by atoms with Crippen molar-refractivity contribution < 1.29 is 9.38 Å². The lowest BCUT2D eigenvalue weighted by molar-refractivity contribution is -0.888. The van der Waals surface area contributed by atoms with Gasteiger partial charge in [0, 0.05) is 0 Å². The molecule has 1 saturated heterocycles. The highest BCUT2D eigenvalue weighted by molar-refractivity contribution is 4.51. The fourth-order valence-corrected chi connectivity index (χ4v) is 1.19. The van der Waals surface area contributed by atoms with Crippen LogP contribution in [0, 0.1) is 12.1 Å². The highest BCUT2D eigenvalue weighted by Crippen LogP contribution is 2.08. The van der Waals surface area contributed by atoms with Crippen molar-refractivity contribution in [3.05, 3.63) is 12.1 Å². The summed E-state index contributed by atoms with van der Waals surface area (Å²) in [4.78, 5) is 0. The molecule has 1 rings (SSSR count). The Morgan fingerprint density at radius 1 is 1.40 bits per heavy atom. The first-order valence-electron chi connectivity index (χ1n) is 3.71. The van der Waals surface area contributed by atoms with Gasteiger partial charge in [-0.15, -0.1) is 0 Å². The van der Waals surface area contributed by atoms with Crippen LogP contribution in [0.1, 0.15) is 6.42 Å². The van der Waals surface area contributed by atoms with Gasteiger partial charge in [0.15, 0.2) is 0 Å². The summed E-state index contributed by atoms with van der Waals surface area (Å²) in [5.41, 5.74) is 0. The standard InChI is InChI=1S/C7H14NO2/c1-2-3-8(9)4-6-10-7-5-8/h1-7H2. The van der Waals surface area contributed by atoms with E-state index in [0.717, 1.165) is 6.42 Å². The molecule has 1 aliphatic rings. The summed E-state index contributed by atoms with van der Waals surface area (Å²) >= 11 is 0. The van der Waals surface area contributed by atoms with Crippen LogP contribution >= 0.6 is 0 Å². The molecular formula is C7H14NO2. The molecular weight excluding hydrogens is 130 g/mol. The van der Waals surface area contributed by atoms with Crippen LogP contribution in [0.5, 0.6) is 0 Å². The molecule has 0 spiro atoms. The second-order valence-corrected chi connectivity index (χ2v) is 2.69. The lowest BCUT2D eigenvalue weighted by Gasteiger charge is -2.44. The van der Waals surface area contributed by atoms with Crippen LogP contribution in [-0.2, 0) is 4.74 Å². The van der Waals surface area contributed by atoms with Crippen LogP contribution in [0.2, 0.25) is 0 Å². The number of hydrogen-bond acceptors (Lipinski definition) is 2. The second-order valence-electron chi connectivity index (χ2n) is 2.69. The lowest BCUT2D eigenvalue weighted by atomic mass is 10.3. The van der Waals surface area contributed by atoms with Crippen molar-refractivity contribution in [1.29, 1.82) is 0 Å². The zero-order valence-corrected chi connectivity index (χ0v) is 6.21. The fraction of sp³-hybridized carbons (Fsp3) is 0.857. The molecule has 3 heteroatoms. The summed E-state index contributed by atoms with van der Waals surface area (Å²) in [6.45, 7) is 6.75. The zero-order chi connectivity index (χ0) is 7.45. The maximum Gasteiger partial charge on any atom is 0.102 e. The van der Waals surface area contributed by atoms with E-state index < -0.39 is 0 Å². The van der Waals surface area contributed by atoms with Crippen molar-refractivity contribution in [1.82, 2.24) is 0 Å². The van der Waals surface area contributed by atoms with E-state index in [4.69, 9.17) is 4.74 Å². The monoisotopic (exact) mass is 144 g/mol. The average Bonchev–Trinajstić information content (AvgIpc) is 1.89. The van der Waals surface area contributed by atoms with Crippen LogP contribution in [0.3, 0.4) is 0 Å².